The first-order valence-corrected chi connectivity index (χ1v) is 5.79. The van der Waals surface area contributed by atoms with E-state index in [0.29, 0.717) is 6.54 Å². The monoisotopic (exact) mass is 250 g/mol. The van der Waals surface area contributed by atoms with Gasteiger partial charge in [0.15, 0.2) is 0 Å². The number of rotatable bonds is 5. The molecule has 0 bridgehead atoms. The van der Waals surface area contributed by atoms with E-state index >= 15 is 0 Å². The fourth-order valence-corrected chi connectivity index (χ4v) is 1.34. The van der Waals surface area contributed by atoms with Crippen molar-refractivity contribution in [3.8, 4) is 0 Å². The summed E-state index contributed by atoms with van der Waals surface area (Å²) in [6, 6.07) is 4.78. The second-order valence-electron chi connectivity index (χ2n) is 3.82. The van der Waals surface area contributed by atoms with Gasteiger partial charge in [-0.1, -0.05) is 6.07 Å². The van der Waals surface area contributed by atoms with Crippen molar-refractivity contribution < 1.29 is 9.59 Å². The minimum atomic E-state index is -0.502. The van der Waals surface area contributed by atoms with Crippen LogP contribution in [0.5, 0.6) is 0 Å². The third-order valence-electron chi connectivity index (χ3n) is 2.41. The molecule has 0 aliphatic rings. The summed E-state index contributed by atoms with van der Waals surface area (Å²) in [4.78, 5) is 26.6. The van der Waals surface area contributed by atoms with Gasteiger partial charge in [-0.15, -0.1) is 0 Å². The van der Waals surface area contributed by atoms with E-state index in [4.69, 9.17) is 0 Å². The third-order valence-corrected chi connectivity index (χ3v) is 2.41. The number of nitrogens with zero attached hydrogens (tertiary/aromatic N) is 1. The predicted octanol–water partition coefficient (Wildman–Crippen LogP) is 0.0578. The van der Waals surface area contributed by atoms with Crippen LogP contribution in [0.25, 0.3) is 0 Å². The summed E-state index contributed by atoms with van der Waals surface area (Å²) in [5.74, 6) is -0.352. The molecule has 1 aromatic rings. The van der Waals surface area contributed by atoms with Crippen LogP contribution < -0.4 is 16.0 Å². The van der Waals surface area contributed by atoms with E-state index in [0.717, 1.165) is 12.1 Å². The van der Waals surface area contributed by atoms with Crippen LogP contribution in [0.1, 0.15) is 12.6 Å². The number of aromatic nitrogens is 1. The highest BCUT2D eigenvalue weighted by molar-refractivity contribution is 5.96. The number of amides is 3. The van der Waals surface area contributed by atoms with Crippen LogP contribution in [-0.2, 0) is 11.2 Å². The number of hydrogen-bond donors (Lipinski definition) is 3. The molecule has 3 amide bonds. The van der Waals surface area contributed by atoms with Crippen molar-refractivity contribution in [3.05, 3.63) is 30.1 Å². The SMILES string of the molecule is CNC(=O)NC(=O)C(C)NCCc1ccccn1. The highest BCUT2D eigenvalue weighted by Gasteiger charge is 2.13. The molecule has 0 aliphatic carbocycles. The van der Waals surface area contributed by atoms with Crippen LogP contribution in [-0.4, -0.2) is 36.6 Å². The molecule has 0 radical (unpaired) electrons. The number of urea groups is 1. The molecule has 0 fully saturated rings. The summed E-state index contributed by atoms with van der Waals surface area (Å²) in [6.45, 7) is 2.33. The van der Waals surface area contributed by atoms with Gasteiger partial charge in [-0.25, -0.2) is 4.79 Å². The third kappa shape index (κ3) is 4.92. The van der Waals surface area contributed by atoms with E-state index in [1.54, 1.807) is 13.1 Å². The number of pyridine rings is 1. The Balaban J connectivity index is 2.26. The quantitative estimate of drug-likeness (QED) is 0.690. The summed E-state index contributed by atoms with van der Waals surface area (Å²) in [5, 5.41) is 7.56. The van der Waals surface area contributed by atoms with Crippen LogP contribution in [0.3, 0.4) is 0 Å². The van der Waals surface area contributed by atoms with Gasteiger partial charge in [-0.3, -0.25) is 15.1 Å². The van der Waals surface area contributed by atoms with Gasteiger partial charge in [0, 0.05) is 31.9 Å². The molecular weight excluding hydrogens is 232 g/mol. The normalized spacial score (nSPS) is 11.7. The molecule has 0 aromatic carbocycles. The van der Waals surface area contributed by atoms with Crippen LogP contribution in [0.4, 0.5) is 4.79 Å². The van der Waals surface area contributed by atoms with Crippen molar-refractivity contribution in [3.63, 3.8) is 0 Å². The highest BCUT2D eigenvalue weighted by atomic mass is 16.2. The van der Waals surface area contributed by atoms with Crippen molar-refractivity contribution in [1.82, 2.24) is 20.9 Å². The minimum Gasteiger partial charge on any atom is -0.341 e. The summed E-state index contributed by atoms with van der Waals surface area (Å²) in [5.41, 5.74) is 0.962. The van der Waals surface area contributed by atoms with Crippen molar-refractivity contribution in [1.29, 1.82) is 0 Å². The van der Waals surface area contributed by atoms with Gasteiger partial charge in [-0.05, 0) is 19.1 Å². The van der Waals surface area contributed by atoms with E-state index in [-0.39, 0.29) is 5.91 Å². The molecular formula is C12H18N4O2. The summed E-state index contributed by atoms with van der Waals surface area (Å²) in [7, 11) is 1.46. The van der Waals surface area contributed by atoms with Crippen molar-refractivity contribution in [2.45, 2.75) is 19.4 Å². The molecule has 0 spiro atoms. The lowest BCUT2D eigenvalue weighted by molar-refractivity contribution is -0.121. The maximum Gasteiger partial charge on any atom is 0.321 e. The van der Waals surface area contributed by atoms with Crippen molar-refractivity contribution in [2.24, 2.45) is 0 Å². The van der Waals surface area contributed by atoms with Crippen LogP contribution in [0.15, 0.2) is 24.4 Å². The van der Waals surface area contributed by atoms with E-state index < -0.39 is 12.1 Å². The summed E-state index contributed by atoms with van der Waals surface area (Å²) >= 11 is 0. The lowest BCUT2D eigenvalue weighted by Crippen LogP contribution is -2.47. The zero-order valence-electron chi connectivity index (χ0n) is 10.6. The fourth-order valence-electron chi connectivity index (χ4n) is 1.34. The topological polar surface area (TPSA) is 83.1 Å². The number of carbonyl (C=O) groups is 2. The molecule has 6 nitrogen and oxygen atoms in total. The van der Waals surface area contributed by atoms with Gasteiger partial charge in [0.2, 0.25) is 5.91 Å². The Morgan fingerprint density at radius 2 is 2.17 bits per heavy atom. The molecule has 1 unspecified atom stereocenters. The first-order valence-electron chi connectivity index (χ1n) is 5.79. The molecule has 1 atom stereocenters. The number of imide groups is 1. The number of nitrogens with one attached hydrogen (secondary N) is 3. The van der Waals surface area contributed by atoms with E-state index in [1.165, 1.54) is 7.05 Å². The Bertz CT molecular complexity index is 394. The van der Waals surface area contributed by atoms with E-state index in [2.05, 4.69) is 20.9 Å². The molecule has 0 aliphatic heterocycles. The van der Waals surface area contributed by atoms with Crippen molar-refractivity contribution in [2.75, 3.05) is 13.6 Å². The maximum atomic E-state index is 11.5. The minimum absolute atomic E-state index is 0.352. The van der Waals surface area contributed by atoms with Gasteiger partial charge in [0.1, 0.15) is 0 Å². The average Bonchev–Trinajstić information content (AvgIpc) is 2.39. The molecule has 6 heteroatoms. The van der Waals surface area contributed by atoms with Gasteiger partial charge in [0.25, 0.3) is 0 Å². The van der Waals surface area contributed by atoms with Crippen LogP contribution in [0, 0.1) is 0 Å². The first-order chi connectivity index (χ1) is 8.63. The lowest BCUT2D eigenvalue weighted by atomic mass is 10.2. The molecule has 1 aromatic heterocycles. The second-order valence-corrected chi connectivity index (χ2v) is 3.82. The van der Waals surface area contributed by atoms with Crippen molar-refractivity contribution >= 4 is 11.9 Å². The van der Waals surface area contributed by atoms with Gasteiger partial charge >= 0.3 is 6.03 Å². The zero-order valence-corrected chi connectivity index (χ0v) is 10.6. The van der Waals surface area contributed by atoms with Gasteiger partial charge in [0.05, 0.1) is 6.04 Å². The standard InChI is InChI=1S/C12H18N4O2/c1-9(11(17)16-12(18)13-2)14-8-6-10-5-3-4-7-15-10/h3-5,7,9,14H,6,8H2,1-2H3,(H2,13,16,17,18). The van der Waals surface area contributed by atoms with Gasteiger partial charge in [-0.2, -0.15) is 0 Å². The molecule has 0 saturated carbocycles. The lowest BCUT2D eigenvalue weighted by Gasteiger charge is -2.12. The van der Waals surface area contributed by atoms with Crippen LogP contribution >= 0.6 is 0 Å². The Kier molecular flexibility index (Phi) is 5.79. The molecule has 0 saturated heterocycles. The Labute approximate surface area is 106 Å². The first kappa shape index (κ1) is 14.1. The average molecular weight is 250 g/mol. The molecule has 1 rings (SSSR count). The summed E-state index contributed by atoms with van der Waals surface area (Å²) in [6.07, 6.45) is 2.47. The Morgan fingerprint density at radius 1 is 1.39 bits per heavy atom. The Morgan fingerprint density at radius 3 is 2.78 bits per heavy atom. The van der Waals surface area contributed by atoms with Gasteiger partial charge < -0.3 is 10.6 Å². The molecule has 98 valence electrons. The zero-order chi connectivity index (χ0) is 13.4. The predicted molar refractivity (Wildman–Crippen MR) is 68.0 cm³/mol. The second kappa shape index (κ2) is 7.39. The smallest absolute Gasteiger partial charge is 0.321 e. The number of carbonyl (C=O) groups excluding carboxylic acids is 2. The Hall–Kier alpha value is -1.95. The van der Waals surface area contributed by atoms with E-state index in [9.17, 15) is 9.59 Å². The molecule has 18 heavy (non-hydrogen) atoms. The maximum absolute atomic E-state index is 11.5. The molecule has 1 heterocycles. The summed E-state index contributed by atoms with van der Waals surface area (Å²) < 4.78 is 0. The largest absolute Gasteiger partial charge is 0.341 e. The van der Waals surface area contributed by atoms with Crippen LogP contribution in [0.2, 0.25) is 0 Å². The molecule has 3 N–H and O–H groups in total. The fraction of sp³-hybridized carbons (Fsp3) is 0.417. The van der Waals surface area contributed by atoms with E-state index in [1.807, 2.05) is 18.2 Å². The number of hydrogen-bond acceptors (Lipinski definition) is 4. The highest BCUT2D eigenvalue weighted by Crippen LogP contribution is 1.93.